The number of piperazine rings is 1. The minimum atomic E-state index is -0.418. The minimum Gasteiger partial charge on any atom is -0.454 e. The van der Waals surface area contributed by atoms with Crippen LogP contribution in [0.2, 0.25) is 0 Å². The molecule has 1 saturated heterocycles. The summed E-state index contributed by atoms with van der Waals surface area (Å²) in [5, 5.41) is 10.7. The first-order chi connectivity index (χ1) is 14.8. The summed E-state index contributed by atoms with van der Waals surface area (Å²) in [5.74, 6) is 2.47. The van der Waals surface area contributed by atoms with Gasteiger partial charge in [0.1, 0.15) is 0 Å². The van der Waals surface area contributed by atoms with Gasteiger partial charge in [0.15, 0.2) is 11.5 Å². The Balaban J connectivity index is 1.05. The number of benzene rings is 1. The average Bonchev–Trinajstić information content (AvgIpc) is 3.40. The van der Waals surface area contributed by atoms with Crippen LogP contribution in [0.15, 0.2) is 18.2 Å². The number of fused-ring (bicyclic) bond motifs is 3. The van der Waals surface area contributed by atoms with Crippen LogP contribution in [0.5, 0.6) is 11.5 Å². The zero-order valence-corrected chi connectivity index (χ0v) is 19.3. The van der Waals surface area contributed by atoms with Gasteiger partial charge >= 0.3 is 0 Å². The van der Waals surface area contributed by atoms with Gasteiger partial charge in [-0.3, -0.25) is 9.80 Å². The first-order valence-electron chi connectivity index (χ1n) is 12.0. The second kappa shape index (κ2) is 8.22. The molecule has 0 amide bonds. The lowest BCUT2D eigenvalue weighted by Crippen LogP contribution is -2.49. The zero-order chi connectivity index (χ0) is 21.6. The van der Waals surface area contributed by atoms with Crippen LogP contribution >= 0.6 is 0 Å². The van der Waals surface area contributed by atoms with Gasteiger partial charge in [-0.1, -0.05) is 26.8 Å². The van der Waals surface area contributed by atoms with Gasteiger partial charge in [0, 0.05) is 39.3 Å². The molecule has 3 fully saturated rings. The maximum Gasteiger partial charge on any atom is 0.231 e. The molecule has 0 spiro atoms. The Kier molecular flexibility index (Phi) is 5.70. The molecule has 2 aliphatic heterocycles. The highest BCUT2D eigenvalue weighted by molar-refractivity contribution is 5.44. The molecule has 1 aromatic rings. The van der Waals surface area contributed by atoms with E-state index in [1.807, 2.05) is 6.07 Å². The number of hydrogen-bond donors (Lipinski definition) is 1. The maximum atomic E-state index is 10.7. The van der Waals surface area contributed by atoms with Gasteiger partial charge < -0.3 is 19.3 Å². The van der Waals surface area contributed by atoms with E-state index in [-0.39, 0.29) is 11.5 Å². The third-order valence-corrected chi connectivity index (χ3v) is 8.37. The molecule has 6 heteroatoms. The van der Waals surface area contributed by atoms with Crippen LogP contribution in [0.3, 0.4) is 0 Å². The van der Waals surface area contributed by atoms with E-state index in [4.69, 9.17) is 14.2 Å². The molecule has 6 nitrogen and oxygen atoms in total. The van der Waals surface area contributed by atoms with Crippen LogP contribution in [-0.2, 0) is 11.3 Å². The number of β-amino-alcohol motifs (C(OH)–C–C–N with tert-alkyl or cyclic N) is 1. The summed E-state index contributed by atoms with van der Waals surface area (Å²) in [4.78, 5) is 4.84. The Bertz CT molecular complexity index is 787. The Morgan fingerprint density at radius 2 is 1.84 bits per heavy atom. The molecule has 172 valence electrons. The Morgan fingerprint density at radius 3 is 2.58 bits per heavy atom. The van der Waals surface area contributed by atoms with E-state index < -0.39 is 6.10 Å². The molecule has 1 N–H and O–H groups in total. The molecule has 4 aliphatic rings. The SMILES string of the molecule is CC12CCC(C1)C(C)(C)C2OCC(O)CN1CCN(Cc2ccc3c(c2)OCO3)CC1. The van der Waals surface area contributed by atoms with Crippen LogP contribution in [0.25, 0.3) is 0 Å². The summed E-state index contributed by atoms with van der Waals surface area (Å²) < 4.78 is 17.3. The number of ether oxygens (including phenoxy) is 3. The average molecular weight is 431 g/mol. The van der Waals surface area contributed by atoms with Crippen molar-refractivity contribution in [2.24, 2.45) is 16.7 Å². The van der Waals surface area contributed by atoms with Crippen molar-refractivity contribution in [2.75, 3.05) is 46.1 Å². The lowest BCUT2D eigenvalue weighted by Gasteiger charge is -2.43. The molecule has 4 unspecified atom stereocenters. The standard InChI is InChI=1S/C25H38N2O4/c1-24(2)19-6-7-25(3,13-19)23(24)29-16-20(28)15-27-10-8-26(9-11-27)14-18-4-5-21-22(12-18)31-17-30-21/h4-5,12,19-20,23,28H,6-11,13-17H2,1-3H3. The molecule has 0 radical (unpaired) electrons. The van der Waals surface area contributed by atoms with E-state index in [1.54, 1.807) is 0 Å². The molecule has 5 rings (SSSR count). The van der Waals surface area contributed by atoms with E-state index in [2.05, 4.69) is 42.7 Å². The fourth-order valence-corrected chi connectivity index (χ4v) is 6.66. The van der Waals surface area contributed by atoms with Crippen molar-refractivity contribution in [3.8, 4) is 11.5 Å². The van der Waals surface area contributed by atoms with E-state index >= 15 is 0 Å². The Hall–Kier alpha value is -1.34. The van der Waals surface area contributed by atoms with Crippen LogP contribution in [0, 0.1) is 16.7 Å². The third-order valence-electron chi connectivity index (χ3n) is 8.37. The molecule has 1 aromatic carbocycles. The fourth-order valence-electron chi connectivity index (χ4n) is 6.66. The number of nitrogens with zero attached hydrogens (tertiary/aromatic N) is 2. The van der Waals surface area contributed by atoms with Gasteiger partial charge in [-0.2, -0.15) is 0 Å². The molecule has 2 heterocycles. The van der Waals surface area contributed by atoms with E-state index in [0.29, 0.717) is 25.4 Å². The van der Waals surface area contributed by atoms with E-state index in [0.717, 1.165) is 50.1 Å². The van der Waals surface area contributed by atoms with Gasteiger partial charge in [0.05, 0.1) is 18.8 Å². The maximum absolute atomic E-state index is 10.7. The lowest BCUT2D eigenvalue weighted by molar-refractivity contribution is -0.114. The Labute approximate surface area is 186 Å². The monoisotopic (exact) mass is 430 g/mol. The summed E-state index contributed by atoms with van der Waals surface area (Å²) >= 11 is 0. The molecule has 2 saturated carbocycles. The van der Waals surface area contributed by atoms with Gasteiger partial charge in [0.2, 0.25) is 6.79 Å². The quantitative estimate of drug-likeness (QED) is 0.717. The fraction of sp³-hybridized carbons (Fsp3) is 0.760. The highest BCUT2D eigenvalue weighted by Gasteiger charge is 2.60. The van der Waals surface area contributed by atoms with Crippen molar-refractivity contribution in [2.45, 2.75) is 58.8 Å². The highest BCUT2D eigenvalue weighted by atomic mass is 16.7. The molecular weight excluding hydrogens is 392 g/mol. The third kappa shape index (κ3) is 4.20. The topological polar surface area (TPSA) is 54.4 Å². The van der Waals surface area contributed by atoms with Gasteiger partial charge in [-0.15, -0.1) is 0 Å². The number of aliphatic hydroxyl groups is 1. The normalized spacial score (nSPS) is 33.2. The predicted octanol–water partition coefficient (Wildman–Crippen LogP) is 3.13. The first-order valence-corrected chi connectivity index (χ1v) is 12.0. The molecule has 2 aliphatic carbocycles. The van der Waals surface area contributed by atoms with Crippen molar-refractivity contribution in [1.29, 1.82) is 0 Å². The summed E-state index contributed by atoms with van der Waals surface area (Å²) in [6, 6.07) is 6.22. The highest BCUT2D eigenvalue weighted by Crippen LogP contribution is 2.63. The van der Waals surface area contributed by atoms with E-state index in [1.165, 1.54) is 24.8 Å². The van der Waals surface area contributed by atoms with Crippen molar-refractivity contribution < 1.29 is 19.3 Å². The van der Waals surface area contributed by atoms with Crippen molar-refractivity contribution in [1.82, 2.24) is 9.80 Å². The molecule has 0 aromatic heterocycles. The smallest absolute Gasteiger partial charge is 0.231 e. The van der Waals surface area contributed by atoms with Crippen LogP contribution in [-0.4, -0.2) is 73.2 Å². The largest absolute Gasteiger partial charge is 0.454 e. The summed E-state index contributed by atoms with van der Waals surface area (Å²) in [6.07, 6.45) is 3.74. The predicted molar refractivity (Wildman–Crippen MR) is 119 cm³/mol. The van der Waals surface area contributed by atoms with Crippen molar-refractivity contribution >= 4 is 0 Å². The van der Waals surface area contributed by atoms with Crippen LogP contribution in [0.4, 0.5) is 0 Å². The number of hydrogen-bond acceptors (Lipinski definition) is 6. The van der Waals surface area contributed by atoms with Crippen molar-refractivity contribution in [3.63, 3.8) is 0 Å². The Morgan fingerprint density at radius 1 is 1.10 bits per heavy atom. The van der Waals surface area contributed by atoms with Gasteiger partial charge in [0.25, 0.3) is 0 Å². The molecular formula is C25H38N2O4. The van der Waals surface area contributed by atoms with Crippen LogP contribution < -0.4 is 9.47 Å². The number of rotatable bonds is 7. The molecule has 4 atom stereocenters. The minimum absolute atomic E-state index is 0.229. The first kappa shape index (κ1) is 21.5. The van der Waals surface area contributed by atoms with Gasteiger partial charge in [-0.25, -0.2) is 0 Å². The molecule has 31 heavy (non-hydrogen) atoms. The number of aliphatic hydroxyl groups excluding tert-OH is 1. The summed E-state index contributed by atoms with van der Waals surface area (Å²) in [7, 11) is 0. The second-order valence-electron chi connectivity index (χ2n) is 11.0. The molecule has 2 bridgehead atoms. The van der Waals surface area contributed by atoms with Crippen molar-refractivity contribution in [3.05, 3.63) is 23.8 Å². The van der Waals surface area contributed by atoms with Crippen LogP contribution in [0.1, 0.15) is 45.6 Å². The lowest BCUT2D eigenvalue weighted by atomic mass is 9.70. The summed E-state index contributed by atoms with van der Waals surface area (Å²) in [6.45, 7) is 13.5. The second-order valence-corrected chi connectivity index (χ2v) is 11.0. The van der Waals surface area contributed by atoms with E-state index in [9.17, 15) is 5.11 Å². The zero-order valence-electron chi connectivity index (χ0n) is 19.3. The van der Waals surface area contributed by atoms with Gasteiger partial charge in [-0.05, 0) is 53.7 Å². The summed E-state index contributed by atoms with van der Waals surface area (Å²) in [5.41, 5.74) is 1.79.